The summed E-state index contributed by atoms with van der Waals surface area (Å²) in [5.74, 6) is 1.15. The highest BCUT2D eigenvalue weighted by molar-refractivity contribution is 5.96. The van der Waals surface area contributed by atoms with Crippen LogP contribution in [0.4, 0.5) is 5.69 Å². The third-order valence-electron chi connectivity index (χ3n) is 4.51. The van der Waals surface area contributed by atoms with Crippen molar-refractivity contribution in [2.75, 3.05) is 11.4 Å². The molecule has 0 N–H and O–H groups in total. The van der Waals surface area contributed by atoms with E-state index in [0.717, 1.165) is 22.4 Å². The van der Waals surface area contributed by atoms with Crippen LogP contribution in [0.5, 0.6) is 0 Å². The lowest BCUT2D eigenvalue weighted by molar-refractivity contribution is -0.117. The first-order valence-corrected chi connectivity index (χ1v) is 8.38. The lowest BCUT2D eigenvalue weighted by Crippen LogP contribution is -2.24. The average molecular weight is 333 g/mol. The maximum absolute atomic E-state index is 12.4. The molecule has 0 radical (unpaired) electrons. The van der Waals surface area contributed by atoms with Crippen LogP contribution in [-0.4, -0.2) is 22.6 Å². The summed E-state index contributed by atoms with van der Waals surface area (Å²) in [5.41, 5.74) is 4.10. The molecule has 126 valence electrons. The smallest absolute Gasteiger partial charge is 0.257 e. The first kappa shape index (κ1) is 15.6. The van der Waals surface area contributed by atoms with Crippen molar-refractivity contribution in [3.63, 3.8) is 0 Å². The Labute approximate surface area is 146 Å². The van der Waals surface area contributed by atoms with Crippen LogP contribution in [0.3, 0.4) is 0 Å². The van der Waals surface area contributed by atoms with Gasteiger partial charge in [-0.3, -0.25) is 4.79 Å². The maximum atomic E-state index is 12.4. The van der Waals surface area contributed by atoms with E-state index in [1.807, 2.05) is 62.4 Å². The van der Waals surface area contributed by atoms with Crippen molar-refractivity contribution in [2.24, 2.45) is 0 Å². The van der Waals surface area contributed by atoms with Gasteiger partial charge in [-0.25, -0.2) is 0 Å². The molecule has 1 atom stereocenters. The number of hydrogen-bond acceptors (Lipinski definition) is 4. The van der Waals surface area contributed by atoms with Gasteiger partial charge in [0.1, 0.15) is 0 Å². The van der Waals surface area contributed by atoms with Gasteiger partial charge in [0, 0.05) is 30.1 Å². The molecule has 1 aliphatic heterocycles. The number of carbonyl (C=O) groups excluding carboxylic acids is 1. The zero-order valence-corrected chi connectivity index (χ0v) is 14.3. The van der Waals surface area contributed by atoms with Gasteiger partial charge in [0.05, 0.1) is 0 Å². The highest BCUT2D eigenvalue weighted by Crippen LogP contribution is 2.31. The first-order valence-electron chi connectivity index (χ1n) is 8.38. The second kappa shape index (κ2) is 6.16. The van der Waals surface area contributed by atoms with Crippen molar-refractivity contribution in [3.8, 4) is 11.5 Å². The minimum Gasteiger partial charge on any atom is -0.334 e. The minimum absolute atomic E-state index is 0.0460. The van der Waals surface area contributed by atoms with Crippen molar-refractivity contribution in [1.82, 2.24) is 10.1 Å². The third-order valence-corrected chi connectivity index (χ3v) is 4.51. The van der Waals surface area contributed by atoms with Crippen LogP contribution in [0.25, 0.3) is 11.5 Å². The molecule has 1 amide bonds. The van der Waals surface area contributed by atoms with Crippen molar-refractivity contribution in [3.05, 3.63) is 65.5 Å². The molecule has 5 nitrogen and oxygen atoms in total. The summed E-state index contributed by atoms with van der Waals surface area (Å²) < 4.78 is 5.42. The molecule has 2 aromatic carbocycles. The largest absolute Gasteiger partial charge is 0.334 e. The number of nitrogens with zero attached hydrogens (tertiary/aromatic N) is 3. The van der Waals surface area contributed by atoms with E-state index in [1.165, 1.54) is 0 Å². The summed E-state index contributed by atoms with van der Waals surface area (Å²) in [6, 6.07) is 15.9. The number of benzene rings is 2. The third kappa shape index (κ3) is 3.05. The van der Waals surface area contributed by atoms with Crippen LogP contribution >= 0.6 is 0 Å². The molecule has 5 heteroatoms. The van der Waals surface area contributed by atoms with Gasteiger partial charge >= 0.3 is 0 Å². The molecule has 4 rings (SSSR count). The van der Waals surface area contributed by atoms with Gasteiger partial charge in [0.25, 0.3) is 5.89 Å². The Morgan fingerprint density at radius 3 is 2.60 bits per heavy atom. The van der Waals surface area contributed by atoms with E-state index in [-0.39, 0.29) is 11.8 Å². The van der Waals surface area contributed by atoms with Crippen molar-refractivity contribution in [2.45, 2.75) is 26.2 Å². The van der Waals surface area contributed by atoms with Gasteiger partial charge in [-0.15, -0.1) is 0 Å². The van der Waals surface area contributed by atoms with Crippen LogP contribution < -0.4 is 4.90 Å². The van der Waals surface area contributed by atoms with Crippen molar-refractivity contribution in [1.29, 1.82) is 0 Å². The molecule has 3 aromatic rings. The zero-order chi connectivity index (χ0) is 17.4. The second-order valence-electron chi connectivity index (χ2n) is 6.57. The van der Waals surface area contributed by atoms with E-state index in [2.05, 4.69) is 10.1 Å². The summed E-state index contributed by atoms with van der Waals surface area (Å²) in [5, 5.41) is 4.12. The van der Waals surface area contributed by atoms with Gasteiger partial charge in [-0.05, 0) is 43.7 Å². The van der Waals surface area contributed by atoms with Gasteiger partial charge in [0.15, 0.2) is 5.82 Å². The summed E-state index contributed by atoms with van der Waals surface area (Å²) in [7, 11) is 0. The Morgan fingerprint density at radius 1 is 1.08 bits per heavy atom. The fraction of sp³-hybridized carbons (Fsp3) is 0.250. The summed E-state index contributed by atoms with van der Waals surface area (Å²) in [6.07, 6.45) is 0.404. The molecule has 0 saturated carbocycles. The first-order chi connectivity index (χ1) is 12.1. The van der Waals surface area contributed by atoms with Crippen LogP contribution in [0.15, 0.2) is 53.1 Å². The summed E-state index contributed by atoms with van der Waals surface area (Å²) >= 11 is 0. The normalized spacial score (nSPS) is 17.3. The molecule has 1 aliphatic rings. The summed E-state index contributed by atoms with van der Waals surface area (Å²) in [4.78, 5) is 18.8. The number of carbonyl (C=O) groups is 1. The van der Waals surface area contributed by atoms with E-state index in [4.69, 9.17) is 4.52 Å². The van der Waals surface area contributed by atoms with Crippen LogP contribution in [0.2, 0.25) is 0 Å². The Bertz CT molecular complexity index is 932. The quantitative estimate of drug-likeness (QED) is 0.730. The van der Waals surface area contributed by atoms with Crippen molar-refractivity contribution >= 4 is 11.6 Å². The lowest BCUT2D eigenvalue weighted by Gasteiger charge is -2.16. The Kier molecular flexibility index (Phi) is 3.84. The predicted octanol–water partition coefficient (Wildman–Crippen LogP) is 3.87. The maximum Gasteiger partial charge on any atom is 0.257 e. The molecule has 0 spiro atoms. The van der Waals surface area contributed by atoms with Crippen LogP contribution in [-0.2, 0) is 4.79 Å². The molecule has 25 heavy (non-hydrogen) atoms. The predicted molar refractivity (Wildman–Crippen MR) is 95.4 cm³/mol. The van der Waals surface area contributed by atoms with E-state index in [0.29, 0.717) is 24.7 Å². The van der Waals surface area contributed by atoms with Gasteiger partial charge in [0.2, 0.25) is 5.91 Å². The number of rotatable bonds is 3. The highest BCUT2D eigenvalue weighted by atomic mass is 16.5. The molecule has 0 bridgehead atoms. The lowest BCUT2D eigenvalue weighted by atomic mass is 10.1. The molecule has 1 saturated heterocycles. The molecule has 1 aromatic heterocycles. The zero-order valence-electron chi connectivity index (χ0n) is 14.3. The number of anilines is 1. The molecule has 1 unspecified atom stereocenters. The Hall–Kier alpha value is -2.95. The van der Waals surface area contributed by atoms with Crippen LogP contribution in [0, 0.1) is 13.8 Å². The number of aryl methyl sites for hydroxylation is 2. The molecule has 2 heterocycles. The Balaban J connectivity index is 1.57. The van der Waals surface area contributed by atoms with Gasteiger partial charge in [-0.1, -0.05) is 35.0 Å². The fourth-order valence-electron chi connectivity index (χ4n) is 3.22. The van der Waals surface area contributed by atoms with E-state index in [1.54, 1.807) is 4.90 Å². The minimum atomic E-state index is -0.0460. The number of amides is 1. The SMILES string of the molecule is Cc1cccc(-c2nc(C3CC(=O)N(c4cccc(C)c4)C3)no2)c1. The van der Waals surface area contributed by atoms with Crippen LogP contribution in [0.1, 0.15) is 29.3 Å². The van der Waals surface area contributed by atoms with E-state index >= 15 is 0 Å². The molecule has 1 fully saturated rings. The highest BCUT2D eigenvalue weighted by Gasteiger charge is 2.34. The second-order valence-corrected chi connectivity index (χ2v) is 6.57. The number of aromatic nitrogens is 2. The topological polar surface area (TPSA) is 59.2 Å². The standard InChI is InChI=1S/C20H19N3O2/c1-13-5-3-7-15(9-13)20-21-19(22-25-20)16-11-18(24)23(12-16)17-8-4-6-14(2)10-17/h3-10,16H,11-12H2,1-2H3. The van der Waals surface area contributed by atoms with Gasteiger partial charge in [-0.2, -0.15) is 4.98 Å². The Morgan fingerprint density at radius 2 is 1.84 bits per heavy atom. The monoisotopic (exact) mass is 333 g/mol. The molecular formula is C20H19N3O2. The molecular weight excluding hydrogens is 314 g/mol. The number of hydrogen-bond donors (Lipinski definition) is 0. The summed E-state index contributed by atoms with van der Waals surface area (Å²) in [6.45, 7) is 4.63. The fourth-order valence-corrected chi connectivity index (χ4v) is 3.22. The van der Waals surface area contributed by atoms with Crippen molar-refractivity contribution < 1.29 is 9.32 Å². The average Bonchev–Trinajstić information content (AvgIpc) is 3.21. The molecule has 0 aliphatic carbocycles. The van der Waals surface area contributed by atoms with Gasteiger partial charge < -0.3 is 9.42 Å². The van der Waals surface area contributed by atoms with E-state index in [9.17, 15) is 4.79 Å². The van der Waals surface area contributed by atoms with E-state index < -0.39 is 0 Å².